The molecule has 1 unspecified atom stereocenters. The zero-order valence-corrected chi connectivity index (χ0v) is 9.64. The van der Waals surface area contributed by atoms with Gasteiger partial charge in [-0.1, -0.05) is 41.5 Å². The molecule has 0 amide bonds. The second-order valence-electron chi connectivity index (χ2n) is 6.02. The van der Waals surface area contributed by atoms with Gasteiger partial charge in [-0.05, 0) is 17.3 Å². The minimum absolute atomic E-state index is 0.0797. The molecule has 0 spiro atoms. The van der Waals surface area contributed by atoms with Crippen LogP contribution in [0.4, 0.5) is 0 Å². The van der Waals surface area contributed by atoms with Crippen LogP contribution in [0.15, 0.2) is 0 Å². The van der Waals surface area contributed by atoms with Gasteiger partial charge < -0.3 is 5.11 Å². The quantitative estimate of drug-likeness (QED) is 0.719. The summed E-state index contributed by atoms with van der Waals surface area (Å²) in [7, 11) is 0. The first kappa shape index (κ1) is 12.5. The predicted molar refractivity (Wildman–Crippen MR) is 54.7 cm³/mol. The third kappa shape index (κ3) is 4.91. The molecule has 0 heterocycles. The Bertz CT molecular complexity index is 181. The van der Waals surface area contributed by atoms with Crippen LogP contribution in [-0.2, 0) is 4.79 Å². The molecule has 0 aromatic heterocycles. The number of carboxylic acids is 1. The number of carboxylic acid groups (broad SMARTS) is 1. The largest absolute Gasteiger partial charge is 0.481 e. The summed E-state index contributed by atoms with van der Waals surface area (Å²) < 4.78 is 0. The molecule has 2 nitrogen and oxygen atoms in total. The first-order chi connectivity index (χ1) is 5.54. The van der Waals surface area contributed by atoms with Crippen LogP contribution in [0, 0.1) is 16.7 Å². The van der Waals surface area contributed by atoms with Gasteiger partial charge in [-0.3, -0.25) is 4.79 Å². The molecule has 0 saturated heterocycles. The molecule has 2 heteroatoms. The van der Waals surface area contributed by atoms with Crippen LogP contribution >= 0.6 is 0 Å². The third-order valence-corrected chi connectivity index (χ3v) is 2.16. The topological polar surface area (TPSA) is 37.3 Å². The van der Waals surface area contributed by atoms with Gasteiger partial charge in [-0.15, -0.1) is 0 Å². The SMILES string of the molecule is CC(C)(C)CC(C(=O)O)C(C)(C)C. The van der Waals surface area contributed by atoms with Crippen LogP contribution in [0.3, 0.4) is 0 Å². The predicted octanol–water partition coefficient (Wildman–Crippen LogP) is 3.17. The van der Waals surface area contributed by atoms with Crippen LogP contribution < -0.4 is 0 Å². The van der Waals surface area contributed by atoms with Crippen molar-refractivity contribution in [2.24, 2.45) is 16.7 Å². The monoisotopic (exact) mass is 186 g/mol. The summed E-state index contributed by atoms with van der Waals surface area (Å²) in [5.41, 5.74) is -0.0740. The normalized spacial score (nSPS) is 15.5. The molecule has 0 aromatic rings. The maximum Gasteiger partial charge on any atom is 0.307 e. The number of rotatable bonds is 2. The number of carbonyl (C=O) groups is 1. The Hall–Kier alpha value is -0.530. The number of hydrogen-bond donors (Lipinski definition) is 1. The lowest BCUT2D eigenvalue weighted by Gasteiger charge is -2.32. The van der Waals surface area contributed by atoms with Crippen LogP contribution in [0.1, 0.15) is 48.0 Å². The van der Waals surface area contributed by atoms with Gasteiger partial charge in [0, 0.05) is 0 Å². The maximum absolute atomic E-state index is 11.0. The average molecular weight is 186 g/mol. The van der Waals surface area contributed by atoms with Crippen molar-refractivity contribution in [3.05, 3.63) is 0 Å². The van der Waals surface area contributed by atoms with E-state index in [0.29, 0.717) is 0 Å². The molecule has 13 heavy (non-hydrogen) atoms. The summed E-state index contributed by atoms with van der Waals surface area (Å²) >= 11 is 0. The fourth-order valence-electron chi connectivity index (χ4n) is 1.38. The van der Waals surface area contributed by atoms with E-state index in [1.165, 1.54) is 0 Å². The summed E-state index contributed by atoms with van der Waals surface area (Å²) in [5, 5.41) is 9.07. The molecule has 0 saturated carbocycles. The Labute approximate surface area is 81.3 Å². The van der Waals surface area contributed by atoms with Crippen molar-refractivity contribution in [1.82, 2.24) is 0 Å². The van der Waals surface area contributed by atoms with Crippen molar-refractivity contribution in [1.29, 1.82) is 0 Å². The maximum atomic E-state index is 11.0. The van der Waals surface area contributed by atoms with Gasteiger partial charge in [-0.25, -0.2) is 0 Å². The highest BCUT2D eigenvalue weighted by Gasteiger charge is 2.34. The van der Waals surface area contributed by atoms with E-state index in [1.54, 1.807) is 0 Å². The van der Waals surface area contributed by atoms with E-state index in [9.17, 15) is 4.79 Å². The molecule has 0 aliphatic heterocycles. The first-order valence-electron chi connectivity index (χ1n) is 4.77. The molecule has 78 valence electrons. The first-order valence-corrected chi connectivity index (χ1v) is 4.77. The number of aliphatic carboxylic acids is 1. The smallest absolute Gasteiger partial charge is 0.307 e. The van der Waals surface area contributed by atoms with E-state index in [4.69, 9.17) is 5.11 Å². The van der Waals surface area contributed by atoms with Crippen molar-refractivity contribution in [2.45, 2.75) is 48.0 Å². The van der Waals surface area contributed by atoms with Gasteiger partial charge in [0.1, 0.15) is 0 Å². The zero-order chi connectivity index (χ0) is 10.9. The lowest BCUT2D eigenvalue weighted by atomic mass is 9.72. The van der Waals surface area contributed by atoms with E-state index in [2.05, 4.69) is 20.8 Å². The summed E-state index contributed by atoms with van der Waals surface area (Å²) in [4.78, 5) is 11.0. The second kappa shape index (κ2) is 3.69. The van der Waals surface area contributed by atoms with Gasteiger partial charge in [0.05, 0.1) is 5.92 Å². The van der Waals surface area contributed by atoms with Crippen molar-refractivity contribution < 1.29 is 9.90 Å². The Morgan fingerprint density at radius 2 is 1.54 bits per heavy atom. The van der Waals surface area contributed by atoms with Crippen molar-refractivity contribution in [2.75, 3.05) is 0 Å². The van der Waals surface area contributed by atoms with Crippen LogP contribution in [0.2, 0.25) is 0 Å². The summed E-state index contributed by atoms with van der Waals surface area (Å²) in [6.45, 7) is 12.2. The van der Waals surface area contributed by atoms with Crippen molar-refractivity contribution in [3.63, 3.8) is 0 Å². The lowest BCUT2D eigenvalue weighted by molar-refractivity contribution is -0.146. The molecule has 0 rings (SSSR count). The minimum Gasteiger partial charge on any atom is -0.481 e. The van der Waals surface area contributed by atoms with E-state index in [-0.39, 0.29) is 16.7 Å². The summed E-state index contributed by atoms with van der Waals surface area (Å²) in [6.07, 6.45) is 0.728. The van der Waals surface area contributed by atoms with Crippen molar-refractivity contribution >= 4 is 5.97 Å². The molecule has 1 N–H and O–H groups in total. The van der Waals surface area contributed by atoms with Gasteiger partial charge in [0.25, 0.3) is 0 Å². The van der Waals surface area contributed by atoms with Gasteiger partial charge >= 0.3 is 5.97 Å². The van der Waals surface area contributed by atoms with Gasteiger partial charge in [0.15, 0.2) is 0 Å². The lowest BCUT2D eigenvalue weighted by Crippen LogP contribution is -2.32. The Morgan fingerprint density at radius 3 is 1.62 bits per heavy atom. The minimum atomic E-state index is -0.678. The van der Waals surface area contributed by atoms with E-state index >= 15 is 0 Å². The summed E-state index contributed by atoms with van der Waals surface area (Å²) in [6, 6.07) is 0. The van der Waals surface area contributed by atoms with E-state index in [0.717, 1.165) is 6.42 Å². The highest BCUT2D eigenvalue weighted by Crippen LogP contribution is 2.35. The highest BCUT2D eigenvalue weighted by atomic mass is 16.4. The highest BCUT2D eigenvalue weighted by molar-refractivity contribution is 5.70. The molecule has 0 fully saturated rings. The van der Waals surface area contributed by atoms with Crippen LogP contribution in [0.5, 0.6) is 0 Å². The number of hydrogen-bond acceptors (Lipinski definition) is 1. The van der Waals surface area contributed by atoms with Gasteiger partial charge in [0.2, 0.25) is 0 Å². The van der Waals surface area contributed by atoms with Crippen LogP contribution in [0.25, 0.3) is 0 Å². The average Bonchev–Trinajstić information content (AvgIpc) is 1.77. The Kier molecular flexibility index (Phi) is 3.54. The third-order valence-electron chi connectivity index (χ3n) is 2.16. The summed E-state index contributed by atoms with van der Waals surface area (Å²) in [5.74, 6) is -0.935. The van der Waals surface area contributed by atoms with Gasteiger partial charge in [-0.2, -0.15) is 0 Å². The molecule has 0 aromatic carbocycles. The fraction of sp³-hybridized carbons (Fsp3) is 0.909. The zero-order valence-electron chi connectivity index (χ0n) is 9.64. The molecule has 1 atom stereocenters. The van der Waals surface area contributed by atoms with E-state index in [1.807, 2.05) is 20.8 Å². The standard InChI is InChI=1S/C11H22O2/c1-10(2,3)7-8(9(12)13)11(4,5)6/h8H,7H2,1-6H3,(H,12,13). The molecule has 0 bridgehead atoms. The Morgan fingerprint density at radius 1 is 1.15 bits per heavy atom. The second-order valence-corrected chi connectivity index (χ2v) is 6.02. The fourth-order valence-corrected chi connectivity index (χ4v) is 1.38. The molecule has 0 aliphatic carbocycles. The Balaban J connectivity index is 4.56. The molecular formula is C11H22O2. The van der Waals surface area contributed by atoms with Crippen LogP contribution in [-0.4, -0.2) is 11.1 Å². The molecule has 0 aliphatic rings. The van der Waals surface area contributed by atoms with Crippen molar-refractivity contribution in [3.8, 4) is 0 Å². The van der Waals surface area contributed by atoms with E-state index < -0.39 is 5.97 Å². The molecule has 0 radical (unpaired) electrons. The molecular weight excluding hydrogens is 164 g/mol.